The molecule has 84 valence electrons. The number of halogens is 1. The van der Waals surface area contributed by atoms with Crippen LogP contribution in [0.15, 0.2) is 36.7 Å². The molecule has 0 atom stereocenters. The molecule has 2 aromatic rings. The minimum atomic E-state index is -0.536. The van der Waals surface area contributed by atoms with Gasteiger partial charge in [0.2, 0.25) is 0 Å². The predicted molar refractivity (Wildman–Crippen MR) is 60.5 cm³/mol. The van der Waals surface area contributed by atoms with Crippen LogP contribution in [0.5, 0.6) is 0 Å². The van der Waals surface area contributed by atoms with Crippen LogP contribution in [-0.2, 0) is 6.54 Å². The molecule has 0 bridgehead atoms. The molecule has 0 amide bonds. The molecule has 1 N–H and O–H groups in total. The Kier molecular flexibility index (Phi) is 3.26. The van der Waals surface area contributed by atoms with Crippen molar-refractivity contribution >= 4 is 5.69 Å². The molecule has 4 nitrogen and oxygen atoms in total. The van der Waals surface area contributed by atoms with E-state index in [4.69, 9.17) is 5.26 Å². The molecule has 0 aliphatic rings. The molecular formula is C12H9FN4. The highest BCUT2D eigenvalue weighted by atomic mass is 19.1. The summed E-state index contributed by atoms with van der Waals surface area (Å²) in [6.45, 7) is 0.346. The Morgan fingerprint density at radius 1 is 1.24 bits per heavy atom. The summed E-state index contributed by atoms with van der Waals surface area (Å²) in [6, 6.07) is 7.98. The van der Waals surface area contributed by atoms with Gasteiger partial charge in [-0.3, -0.25) is 0 Å². The number of anilines is 1. The highest BCUT2D eigenvalue weighted by molar-refractivity contribution is 5.57. The van der Waals surface area contributed by atoms with Crippen LogP contribution in [0.4, 0.5) is 10.1 Å². The Bertz CT molecular complexity index is 548. The summed E-state index contributed by atoms with van der Waals surface area (Å²) in [5, 5.41) is 11.8. The lowest BCUT2D eigenvalue weighted by Gasteiger charge is -2.07. The quantitative estimate of drug-likeness (QED) is 0.873. The van der Waals surface area contributed by atoms with Gasteiger partial charge in [0.05, 0.1) is 12.2 Å². The third-order valence-corrected chi connectivity index (χ3v) is 2.18. The molecule has 0 aliphatic carbocycles. The number of nitrogens with zero attached hydrogens (tertiary/aromatic N) is 3. The third-order valence-electron chi connectivity index (χ3n) is 2.18. The van der Waals surface area contributed by atoms with Crippen molar-refractivity contribution < 1.29 is 4.39 Å². The van der Waals surface area contributed by atoms with Gasteiger partial charge >= 0.3 is 0 Å². The number of hydrogen-bond donors (Lipinski definition) is 1. The van der Waals surface area contributed by atoms with Gasteiger partial charge in [0.1, 0.15) is 23.3 Å². The number of nitrogens with one attached hydrogen (secondary N) is 1. The largest absolute Gasteiger partial charge is 0.377 e. The summed E-state index contributed by atoms with van der Waals surface area (Å²) >= 11 is 0. The molecule has 0 saturated heterocycles. The first-order chi connectivity index (χ1) is 8.31. The van der Waals surface area contributed by atoms with Crippen molar-refractivity contribution in [3.63, 3.8) is 0 Å². The van der Waals surface area contributed by atoms with Crippen molar-refractivity contribution in [3.8, 4) is 6.07 Å². The summed E-state index contributed by atoms with van der Waals surface area (Å²) in [7, 11) is 0. The highest BCUT2D eigenvalue weighted by Crippen LogP contribution is 2.17. The van der Waals surface area contributed by atoms with Crippen LogP contribution in [0, 0.1) is 17.1 Å². The minimum absolute atomic E-state index is 0.00318. The van der Waals surface area contributed by atoms with Gasteiger partial charge < -0.3 is 5.32 Å². The zero-order valence-electron chi connectivity index (χ0n) is 8.89. The molecule has 2 rings (SSSR count). The van der Waals surface area contributed by atoms with Gasteiger partial charge in [-0.2, -0.15) is 5.26 Å². The number of hydrogen-bond acceptors (Lipinski definition) is 4. The van der Waals surface area contributed by atoms with Gasteiger partial charge in [0.15, 0.2) is 0 Å². The van der Waals surface area contributed by atoms with Crippen LogP contribution in [0.25, 0.3) is 0 Å². The lowest BCUT2D eigenvalue weighted by Crippen LogP contribution is -2.05. The van der Waals surface area contributed by atoms with Crippen LogP contribution >= 0.6 is 0 Å². The summed E-state index contributed by atoms with van der Waals surface area (Å²) < 4.78 is 13.3. The van der Waals surface area contributed by atoms with E-state index in [1.165, 1.54) is 6.07 Å². The Morgan fingerprint density at radius 3 is 2.71 bits per heavy atom. The third kappa shape index (κ3) is 2.55. The maximum Gasteiger partial charge on any atom is 0.147 e. The molecule has 0 unspecified atom stereocenters. The lowest BCUT2D eigenvalue weighted by molar-refractivity contribution is 0.624. The van der Waals surface area contributed by atoms with Gasteiger partial charge in [-0.05, 0) is 18.2 Å². The minimum Gasteiger partial charge on any atom is -0.377 e. The van der Waals surface area contributed by atoms with Gasteiger partial charge in [0.25, 0.3) is 0 Å². The van der Waals surface area contributed by atoms with E-state index in [-0.39, 0.29) is 5.56 Å². The van der Waals surface area contributed by atoms with Crippen molar-refractivity contribution in [1.82, 2.24) is 9.97 Å². The number of rotatable bonds is 3. The molecule has 1 heterocycles. The summed E-state index contributed by atoms with van der Waals surface area (Å²) in [5.41, 5.74) is 0.448. The maximum atomic E-state index is 13.3. The van der Waals surface area contributed by atoms with Crippen LogP contribution in [0.1, 0.15) is 11.4 Å². The fourth-order valence-electron chi connectivity index (χ4n) is 1.38. The van der Waals surface area contributed by atoms with Crippen LogP contribution in [-0.4, -0.2) is 9.97 Å². The Morgan fingerprint density at radius 2 is 2.00 bits per heavy atom. The second kappa shape index (κ2) is 5.03. The fourth-order valence-corrected chi connectivity index (χ4v) is 1.38. The van der Waals surface area contributed by atoms with E-state index in [1.807, 2.05) is 6.07 Å². The molecule has 0 aliphatic heterocycles. The van der Waals surface area contributed by atoms with Gasteiger partial charge in [-0.15, -0.1) is 0 Å². The van der Waals surface area contributed by atoms with Crippen molar-refractivity contribution in [2.45, 2.75) is 6.54 Å². The summed E-state index contributed by atoms with van der Waals surface area (Å²) in [4.78, 5) is 8.04. The normalized spacial score (nSPS) is 9.65. The van der Waals surface area contributed by atoms with Crippen molar-refractivity contribution in [2.24, 2.45) is 0 Å². The van der Waals surface area contributed by atoms with Gasteiger partial charge in [-0.1, -0.05) is 6.07 Å². The van der Waals surface area contributed by atoms with Crippen molar-refractivity contribution in [3.05, 3.63) is 53.9 Å². The van der Waals surface area contributed by atoms with Crippen LogP contribution in [0.3, 0.4) is 0 Å². The van der Waals surface area contributed by atoms with E-state index in [1.54, 1.807) is 30.6 Å². The monoisotopic (exact) mass is 228 g/mol. The van der Waals surface area contributed by atoms with Crippen molar-refractivity contribution in [1.29, 1.82) is 5.26 Å². The predicted octanol–water partition coefficient (Wildman–Crippen LogP) is 2.10. The Balaban J connectivity index is 2.15. The lowest BCUT2D eigenvalue weighted by atomic mass is 10.2. The van der Waals surface area contributed by atoms with Gasteiger partial charge in [0, 0.05) is 12.4 Å². The molecule has 0 radical (unpaired) electrons. The fraction of sp³-hybridized carbons (Fsp3) is 0.0833. The Labute approximate surface area is 97.8 Å². The zero-order chi connectivity index (χ0) is 12.1. The smallest absolute Gasteiger partial charge is 0.147 e. The maximum absolute atomic E-state index is 13.3. The van der Waals surface area contributed by atoms with E-state index < -0.39 is 5.82 Å². The van der Waals surface area contributed by atoms with Gasteiger partial charge in [-0.25, -0.2) is 14.4 Å². The topological polar surface area (TPSA) is 61.6 Å². The second-order valence-electron chi connectivity index (χ2n) is 3.29. The van der Waals surface area contributed by atoms with Crippen LogP contribution < -0.4 is 5.32 Å². The summed E-state index contributed by atoms with van der Waals surface area (Å²) in [6.07, 6.45) is 3.25. The molecule has 1 aromatic carbocycles. The van der Waals surface area contributed by atoms with Crippen molar-refractivity contribution in [2.75, 3.05) is 5.32 Å². The molecular weight excluding hydrogens is 219 g/mol. The molecule has 1 aromatic heterocycles. The number of nitriles is 1. The second-order valence-corrected chi connectivity index (χ2v) is 3.29. The average molecular weight is 228 g/mol. The van der Waals surface area contributed by atoms with E-state index in [0.717, 1.165) is 0 Å². The standard InChI is InChI=1S/C12H9FN4/c13-10-3-1-4-11(9(10)7-14)17-8-12-15-5-2-6-16-12/h1-6,17H,8H2. The number of benzene rings is 1. The molecule has 0 fully saturated rings. The molecule has 0 spiro atoms. The highest BCUT2D eigenvalue weighted by Gasteiger charge is 2.07. The first-order valence-electron chi connectivity index (χ1n) is 4.99. The van der Waals surface area contributed by atoms with E-state index >= 15 is 0 Å². The molecule has 5 heteroatoms. The van der Waals surface area contributed by atoms with E-state index in [9.17, 15) is 4.39 Å². The first kappa shape index (κ1) is 11.0. The SMILES string of the molecule is N#Cc1c(F)cccc1NCc1ncccn1. The molecule has 0 saturated carbocycles. The Hall–Kier alpha value is -2.48. The number of aromatic nitrogens is 2. The van der Waals surface area contributed by atoms with E-state index in [2.05, 4.69) is 15.3 Å². The summed E-state index contributed by atoms with van der Waals surface area (Å²) in [5.74, 6) is 0.0483. The molecule has 17 heavy (non-hydrogen) atoms. The van der Waals surface area contributed by atoms with E-state index in [0.29, 0.717) is 18.1 Å². The van der Waals surface area contributed by atoms with Crippen LogP contribution in [0.2, 0.25) is 0 Å². The average Bonchev–Trinajstić information content (AvgIpc) is 2.37. The zero-order valence-corrected chi connectivity index (χ0v) is 8.89. The first-order valence-corrected chi connectivity index (χ1v) is 4.99.